The molecule has 1 aromatic carbocycles. The Bertz CT molecular complexity index is 1320. The van der Waals surface area contributed by atoms with Crippen LogP contribution in [0.2, 0.25) is 5.02 Å². The third kappa shape index (κ3) is 5.32. The number of carbonyl (C=O) groups is 4. The molecular weight excluding hydrogens is 535 g/mol. The molecule has 5 rings (SSSR count). The van der Waals surface area contributed by atoms with Crippen LogP contribution in [0.25, 0.3) is 10.9 Å². The first-order valence-corrected chi connectivity index (χ1v) is 13.9. The summed E-state index contributed by atoms with van der Waals surface area (Å²) >= 11 is 6.12. The zero-order chi connectivity index (χ0) is 28.1. The quantitative estimate of drug-likeness (QED) is 0.476. The van der Waals surface area contributed by atoms with Crippen LogP contribution in [0.3, 0.4) is 0 Å². The summed E-state index contributed by atoms with van der Waals surface area (Å²) in [5.74, 6) is -1.21. The van der Waals surface area contributed by atoms with Gasteiger partial charge in [-0.2, -0.15) is 13.2 Å². The molecule has 1 aromatic heterocycles. The van der Waals surface area contributed by atoms with Crippen LogP contribution in [-0.2, 0) is 20.6 Å². The summed E-state index contributed by atoms with van der Waals surface area (Å²) in [6.45, 7) is 2.05. The lowest BCUT2D eigenvalue weighted by molar-refractivity contribution is -0.137. The van der Waals surface area contributed by atoms with Crippen molar-refractivity contribution >= 4 is 45.9 Å². The molecule has 3 fully saturated rings. The van der Waals surface area contributed by atoms with Gasteiger partial charge < -0.3 is 15.2 Å². The molecule has 2 aromatic rings. The molecule has 7 nitrogen and oxygen atoms in total. The van der Waals surface area contributed by atoms with E-state index in [1.54, 1.807) is 6.92 Å². The molecule has 1 aliphatic heterocycles. The standard InChI is InChI=1S/C28H31ClF3N3O4/c1-2-23(36)21(9-14-5-4-8-24(14)37)34-26(38)25-17-7-3-6-15(17)13-35(25)27(39)22-12-18-19(29)10-16(28(30,31)32)11-20(18)33-22/h10-12,14-15,17,21,25,33H,2-9,13H2,1H3,(H,34,38). The van der Waals surface area contributed by atoms with Crippen molar-refractivity contribution in [2.75, 3.05) is 6.54 Å². The molecule has 0 radical (unpaired) electrons. The molecule has 2 heterocycles. The van der Waals surface area contributed by atoms with Crippen LogP contribution < -0.4 is 5.32 Å². The van der Waals surface area contributed by atoms with Crippen molar-refractivity contribution in [3.63, 3.8) is 0 Å². The lowest BCUT2D eigenvalue weighted by Crippen LogP contribution is -2.53. The molecule has 2 N–H and O–H groups in total. The van der Waals surface area contributed by atoms with E-state index >= 15 is 0 Å². The smallest absolute Gasteiger partial charge is 0.350 e. The Hall–Kier alpha value is -2.88. The molecule has 3 aliphatic rings. The summed E-state index contributed by atoms with van der Waals surface area (Å²) in [4.78, 5) is 56.6. The maximum Gasteiger partial charge on any atom is 0.416 e. The van der Waals surface area contributed by atoms with Gasteiger partial charge >= 0.3 is 6.18 Å². The maximum absolute atomic E-state index is 13.7. The second kappa shape index (κ2) is 10.6. The maximum atomic E-state index is 13.7. The number of aromatic amines is 1. The van der Waals surface area contributed by atoms with Crippen LogP contribution in [0.1, 0.15) is 74.3 Å². The molecule has 11 heteroatoms. The second-order valence-electron chi connectivity index (χ2n) is 11.0. The molecule has 0 spiro atoms. The molecular formula is C28H31ClF3N3O4. The van der Waals surface area contributed by atoms with E-state index in [9.17, 15) is 32.3 Å². The number of Topliss-reactive ketones (excluding diaryl/α,β-unsaturated/α-hetero) is 2. The molecule has 5 unspecified atom stereocenters. The van der Waals surface area contributed by atoms with Crippen molar-refractivity contribution in [1.29, 1.82) is 0 Å². The van der Waals surface area contributed by atoms with Gasteiger partial charge in [0, 0.05) is 36.2 Å². The van der Waals surface area contributed by atoms with Crippen LogP contribution in [0, 0.1) is 17.8 Å². The van der Waals surface area contributed by atoms with E-state index in [2.05, 4.69) is 10.3 Å². The number of nitrogens with one attached hydrogen (secondary N) is 2. The van der Waals surface area contributed by atoms with Crippen molar-refractivity contribution in [2.24, 2.45) is 17.8 Å². The Kier molecular flexibility index (Phi) is 7.52. The van der Waals surface area contributed by atoms with Crippen LogP contribution in [0.5, 0.6) is 0 Å². The normalized spacial score (nSPS) is 25.8. The second-order valence-corrected chi connectivity index (χ2v) is 11.4. The van der Waals surface area contributed by atoms with Crippen LogP contribution in [0.4, 0.5) is 13.2 Å². The van der Waals surface area contributed by atoms with Crippen LogP contribution in [0.15, 0.2) is 18.2 Å². The van der Waals surface area contributed by atoms with E-state index in [0.717, 1.165) is 37.8 Å². The predicted molar refractivity (Wildman–Crippen MR) is 138 cm³/mol. The zero-order valence-corrected chi connectivity index (χ0v) is 22.3. The topological polar surface area (TPSA) is 99.3 Å². The molecule has 2 amide bonds. The summed E-state index contributed by atoms with van der Waals surface area (Å²) in [6, 6.07) is 1.52. The Balaban J connectivity index is 1.41. The number of amides is 2. The first kappa shape index (κ1) is 27.7. The van der Waals surface area contributed by atoms with Crippen LogP contribution >= 0.6 is 11.6 Å². The van der Waals surface area contributed by atoms with E-state index in [1.165, 1.54) is 11.0 Å². The van der Waals surface area contributed by atoms with Crippen molar-refractivity contribution in [2.45, 2.75) is 76.6 Å². The number of carbonyl (C=O) groups excluding carboxylic acids is 4. The lowest BCUT2D eigenvalue weighted by Gasteiger charge is -2.29. The van der Waals surface area contributed by atoms with Gasteiger partial charge in [0.15, 0.2) is 5.78 Å². The van der Waals surface area contributed by atoms with Gasteiger partial charge in [0.25, 0.3) is 5.91 Å². The van der Waals surface area contributed by atoms with E-state index in [0.29, 0.717) is 19.4 Å². The van der Waals surface area contributed by atoms with Gasteiger partial charge in [0.1, 0.15) is 17.5 Å². The number of likely N-dealkylation sites (tertiary alicyclic amines) is 1. The molecule has 210 valence electrons. The van der Waals surface area contributed by atoms with E-state index in [1.807, 2.05) is 0 Å². The van der Waals surface area contributed by atoms with Crippen molar-refractivity contribution in [3.05, 3.63) is 34.5 Å². The number of aromatic nitrogens is 1. The highest BCUT2D eigenvalue weighted by Crippen LogP contribution is 2.43. The number of hydrogen-bond acceptors (Lipinski definition) is 4. The lowest BCUT2D eigenvalue weighted by atomic mass is 9.91. The summed E-state index contributed by atoms with van der Waals surface area (Å²) in [6.07, 6.45) is 0.370. The van der Waals surface area contributed by atoms with Gasteiger partial charge in [-0.1, -0.05) is 24.9 Å². The summed E-state index contributed by atoms with van der Waals surface area (Å²) in [7, 11) is 0. The molecule has 0 bridgehead atoms. The van der Waals surface area contributed by atoms with Crippen LogP contribution in [-0.4, -0.2) is 51.9 Å². The first-order chi connectivity index (χ1) is 18.5. The highest BCUT2D eigenvalue weighted by molar-refractivity contribution is 6.35. The summed E-state index contributed by atoms with van der Waals surface area (Å²) < 4.78 is 39.8. The number of nitrogens with zero attached hydrogens (tertiary/aromatic N) is 1. The minimum atomic E-state index is -4.60. The number of H-pyrrole nitrogens is 1. The Morgan fingerprint density at radius 1 is 1.15 bits per heavy atom. The van der Waals surface area contributed by atoms with E-state index in [4.69, 9.17) is 11.6 Å². The number of ketones is 2. The molecule has 5 atom stereocenters. The van der Waals surface area contributed by atoms with Crippen molar-refractivity contribution in [1.82, 2.24) is 15.2 Å². The number of benzene rings is 1. The minimum absolute atomic E-state index is 0.0433. The Morgan fingerprint density at radius 2 is 1.92 bits per heavy atom. The number of fused-ring (bicyclic) bond motifs is 2. The first-order valence-electron chi connectivity index (χ1n) is 13.5. The average Bonchev–Trinajstić information content (AvgIpc) is 3.66. The van der Waals surface area contributed by atoms with E-state index < -0.39 is 35.6 Å². The third-order valence-electron chi connectivity index (χ3n) is 8.67. The van der Waals surface area contributed by atoms with Gasteiger partial charge in [-0.3, -0.25) is 19.2 Å². The van der Waals surface area contributed by atoms with Gasteiger partial charge in [-0.05, 0) is 62.1 Å². The fraction of sp³-hybridized carbons (Fsp3) is 0.571. The summed E-state index contributed by atoms with van der Waals surface area (Å²) in [5, 5.41) is 3.02. The Labute approximate surface area is 228 Å². The highest BCUT2D eigenvalue weighted by atomic mass is 35.5. The van der Waals surface area contributed by atoms with Gasteiger partial charge in [-0.25, -0.2) is 0 Å². The third-order valence-corrected chi connectivity index (χ3v) is 8.98. The molecule has 2 aliphatic carbocycles. The Morgan fingerprint density at radius 3 is 2.59 bits per heavy atom. The van der Waals surface area contributed by atoms with Gasteiger partial charge in [0.05, 0.1) is 16.6 Å². The fourth-order valence-electron chi connectivity index (χ4n) is 6.67. The van der Waals surface area contributed by atoms with Gasteiger partial charge in [-0.15, -0.1) is 0 Å². The van der Waals surface area contributed by atoms with E-state index in [-0.39, 0.29) is 63.8 Å². The van der Waals surface area contributed by atoms with Gasteiger partial charge in [0.2, 0.25) is 5.91 Å². The number of hydrogen-bond donors (Lipinski definition) is 2. The predicted octanol–water partition coefficient (Wildman–Crippen LogP) is 5.30. The largest absolute Gasteiger partial charge is 0.416 e. The summed E-state index contributed by atoms with van der Waals surface area (Å²) in [5.41, 5.74) is -0.809. The molecule has 39 heavy (non-hydrogen) atoms. The van der Waals surface area contributed by atoms with Crippen molar-refractivity contribution < 1.29 is 32.3 Å². The zero-order valence-electron chi connectivity index (χ0n) is 21.6. The van der Waals surface area contributed by atoms with Crippen molar-refractivity contribution in [3.8, 4) is 0 Å². The molecule has 1 saturated heterocycles. The average molecular weight is 566 g/mol. The fourth-order valence-corrected chi connectivity index (χ4v) is 6.95. The SMILES string of the molecule is CCC(=O)C(CC1CCCC1=O)NC(=O)C1C2CCCC2CN1C(=O)c1cc2c(Cl)cc(C(F)(F)F)cc2[nH]1. The number of rotatable bonds is 7. The monoisotopic (exact) mass is 565 g/mol. The highest BCUT2D eigenvalue weighted by Gasteiger charge is 2.50. The molecule has 2 saturated carbocycles. The minimum Gasteiger partial charge on any atom is -0.350 e. The number of alkyl halides is 3. The number of halogens is 4.